The van der Waals surface area contributed by atoms with Gasteiger partial charge >= 0.3 is 0 Å². The Morgan fingerprint density at radius 2 is 1.84 bits per heavy atom. The summed E-state index contributed by atoms with van der Waals surface area (Å²) in [6, 6.07) is 6.21. The number of pyridine rings is 2. The van der Waals surface area contributed by atoms with Gasteiger partial charge < -0.3 is 14.0 Å². The minimum absolute atomic E-state index is 0.0862. The second-order valence-corrected chi connectivity index (χ2v) is 7.52. The number of H-pyrrole nitrogens is 1. The molecule has 0 unspecified atom stereocenters. The molecule has 0 aliphatic heterocycles. The van der Waals surface area contributed by atoms with Gasteiger partial charge in [-0.3, -0.25) is 9.59 Å². The highest BCUT2D eigenvalue weighted by Crippen LogP contribution is 2.23. The van der Waals surface area contributed by atoms with E-state index >= 15 is 0 Å². The third kappa shape index (κ3) is 3.18. The van der Waals surface area contributed by atoms with Crippen LogP contribution in [0.15, 0.2) is 59.9 Å². The van der Waals surface area contributed by atoms with Gasteiger partial charge in [0.1, 0.15) is 28.6 Å². The van der Waals surface area contributed by atoms with Gasteiger partial charge in [-0.25, -0.2) is 18.2 Å². The molecule has 0 aliphatic rings. The number of ketones is 1. The number of nitrogens with one attached hydrogen (secondary N) is 1. The van der Waals surface area contributed by atoms with Crippen molar-refractivity contribution in [1.29, 1.82) is 0 Å². The van der Waals surface area contributed by atoms with Gasteiger partial charge in [-0.2, -0.15) is 0 Å². The lowest BCUT2D eigenvalue weighted by Crippen LogP contribution is -2.20. The molecule has 5 rings (SSSR count). The van der Waals surface area contributed by atoms with Crippen molar-refractivity contribution in [2.45, 2.75) is 13.5 Å². The normalized spacial score (nSPS) is 11.5. The van der Waals surface area contributed by atoms with Crippen molar-refractivity contribution < 1.29 is 18.0 Å². The monoisotopic (exact) mass is 436 g/mol. The highest BCUT2D eigenvalue weighted by molar-refractivity contribution is 6.16. The van der Waals surface area contributed by atoms with E-state index in [9.17, 15) is 22.8 Å². The number of imidazole rings is 1. The van der Waals surface area contributed by atoms with Crippen LogP contribution >= 0.6 is 0 Å². The van der Waals surface area contributed by atoms with Crippen molar-refractivity contribution in [3.8, 4) is 0 Å². The molecule has 0 saturated heterocycles. The van der Waals surface area contributed by atoms with Crippen LogP contribution in [0.2, 0.25) is 0 Å². The Hall–Kier alpha value is -4.14. The van der Waals surface area contributed by atoms with Crippen LogP contribution in [-0.2, 0) is 6.54 Å². The summed E-state index contributed by atoms with van der Waals surface area (Å²) in [5.74, 6) is -4.73. The molecule has 160 valence electrons. The maximum absolute atomic E-state index is 14.1. The molecule has 0 fully saturated rings. The van der Waals surface area contributed by atoms with Gasteiger partial charge in [-0.1, -0.05) is 6.07 Å². The van der Waals surface area contributed by atoms with Gasteiger partial charge in [-0.05, 0) is 24.6 Å². The summed E-state index contributed by atoms with van der Waals surface area (Å²) in [4.78, 5) is 32.9. The fraction of sp³-hybridized carbons (Fsp3) is 0.0870. The topological polar surface area (TPSA) is 72.2 Å². The van der Waals surface area contributed by atoms with E-state index in [1.165, 1.54) is 23.0 Å². The standard InChI is InChI=1S/C23H15F3N4O2/c1-12-2-3-19-28-14(11-30(19)9-12)10-29-5-4-15-16(8-27-21(15)23(29)32)22(31)20-17(25)6-13(24)7-18(20)26/h2-9,11,27H,10H2,1H3. The number of carbonyl (C=O) groups is 1. The van der Waals surface area contributed by atoms with Gasteiger partial charge in [0.25, 0.3) is 5.56 Å². The quantitative estimate of drug-likeness (QED) is 0.433. The maximum atomic E-state index is 14.1. The van der Waals surface area contributed by atoms with E-state index < -0.39 is 34.4 Å². The Morgan fingerprint density at radius 1 is 1.09 bits per heavy atom. The second-order valence-electron chi connectivity index (χ2n) is 7.52. The number of carbonyl (C=O) groups excluding carboxylic acids is 1. The van der Waals surface area contributed by atoms with Gasteiger partial charge in [0.05, 0.1) is 17.8 Å². The summed E-state index contributed by atoms with van der Waals surface area (Å²) in [5, 5.41) is 0.213. The smallest absolute Gasteiger partial charge is 0.275 e. The van der Waals surface area contributed by atoms with E-state index in [1.54, 1.807) is 0 Å². The average Bonchev–Trinajstić information content (AvgIpc) is 3.33. The third-order valence-corrected chi connectivity index (χ3v) is 5.28. The fourth-order valence-corrected chi connectivity index (χ4v) is 3.77. The van der Waals surface area contributed by atoms with Gasteiger partial charge in [0.15, 0.2) is 0 Å². The summed E-state index contributed by atoms with van der Waals surface area (Å²) in [7, 11) is 0. The van der Waals surface area contributed by atoms with Crippen LogP contribution in [0.4, 0.5) is 13.2 Å². The zero-order valence-electron chi connectivity index (χ0n) is 16.7. The predicted octanol–water partition coefficient (Wildman–Crippen LogP) is 3.98. The lowest BCUT2D eigenvalue weighted by atomic mass is 10.0. The lowest BCUT2D eigenvalue weighted by molar-refractivity contribution is 0.103. The van der Waals surface area contributed by atoms with Crippen LogP contribution in [0.3, 0.4) is 0 Å². The largest absolute Gasteiger partial charge is 0.356 e. The van der Waals surface area contributed by atoms with E-state index in [1.807, 2.05) is 35.9 Å². The summed E-state index contributed by atoms with van der Waals surface area (Å²) in [5.41, 5.74) is 1.20. The Balaban J connectivity index is 1.53. The van der Waals surface area contributed by atoms with E-state index in [2.05, 4.69) is 9.97 Å². The molecule has 0 spiro atoms. The van der Waals surface area contributed by atoms with Crippen molar-refractivity contribution in [3.63, 3.8) is 0 Å². The average molecular weight is 436 g/mol. The molecule has 9 heteroatoms. The molecule has 32 heavy (non-hydrogen) atoms. The van der Waals surface area contributed by atoms with Crippen LogP contribution in [0, 0.1) is 24.4 Å². The SMILES string of the molecule is Cc1ccc2nc(Cn3ccc4c(C(=O)c5c(F)cc(F)cc5F)c[nH]c4c3=O)cn2c1. The summed E-state index contributed by atoms with van der Waals surface area (Å²) in [6.07, 6.45) is 6.45. The first kappa shape index (κ1) is 19.8. The molecular weight excluding hydrogens is 421 g/mol. The molecule has 0 aliphatic carbocycles. The first-order valence-corrected chi connectivity index (χ1v) is 9.66. The number of aromatic amines is 1. The number of halogens is 3. The zero-order valence-corrected chi connectivity index (χ0v) is 16.7. The second kappa shape index (κ2) is 7.23. The van der Waals surface area contributed by atoms with Crippen LogP contribution in [0.25, 0.3) is 16.6 Å². The summed E-state index contributed by atoms with van der Waals surface area (Å²) < 4.78 is 44.6. The summed E-state index contributed by atoms with van der Waals surface area (Å²) in [6.45, 7) is 2.16. The van der Waals surface area contributed by atoms with Crippen LogP contribution in [0.1, 0.15) is 27.2 Å². The maximum Gasteiger partial charge on any atom is 0.275 e. The fourth-order valence-electron chi connectivity index (χ4n) is 3.77. The molecule has 0 radical (unpaired) electrons. The Morgan fingerprint density at radius 3 is 2.59 bits per heavy atom. The number of aromatic nitrogens is 4. The van der Waals surface area contributed by atoms with Crippen molar-refractivity contribution in [2.24, 2.45) is 0 Å². The van der Waals surface area contributed by atoms with E-state index in [-0.39, 0.29) is 23.0 Å². The minimum atomic E-state index is -1.31. The minimum Gasteiger partial charge on any atom is -0.356 e. The number of benzene rings is 1. The molecule has 4 heterocycles. The molecule has 4 aromatic heterocycles. The molecule has 6 nitrogen and oxygen atoms in total. The molecule has 0 amide bonds. The van der Waals surface area contributed by atoms with Crippen molar-refractivity contribution >= 4 is 22.3 Å². The number of aryl methyl sites for hydroxylation is 1. The molecule has 1 N–H and O–H groups in total. The lowest BCUT2D eigenvalue weighted by Gasteiger charge is -2.05. The predicted molar refractivity (Wildman–Crippen MR) is 111 cm³/mol. The molecule has 0 atom stereocenters. The number of nitrogens with zero attached hydrogens (tertiary/aromatic N) is 3. The van der Waals surface area contributed by atoms with E-state index in [0.29, 0.717) is 17.8 Å². The van der Waals surface area contributed by atoms with Crippen molar-refractivity contribution in [1.82, 2.24) is 18.9 Å². The first-order chi connectivity index (χ1) is 15.3. The first-order valence-electron chi connectivity index (χ1n) is 9.66. The summed E-state index contributed by atoms with van der Waals surface area (Å²) >= 11 is 0. The number of hydrogen-bond acceptors (Lipinski definition) is 3. The van der Waals surface area contributed by atoms with Gasteiger partial charge in [0, 0.05) is 47.9 Å². The van der Waals surface area contributed by atoms with Crippen molar-refractivity contribution in [2.75, 3.05) is 0 Å². The number of fused-ring (bicyclic) bond motifs is 2. The van der Waals surface area contributed by atoms with Crippen molar-refractivity contribution in [3.05, 3.63) is 105 Å². The third-order valence-electron chi connectivity index (χ3n) is 5.28. The van der Waals surface area contributed by atoms with Gasteiger partial charge in [0.2, 0.25) is 5.78 Å². The highest BCUT2D eigenvalue weighted by atomic mass is 19.1. The Kier molecular flexibility index (Phi) is 4.47. The van der Waals surface area contributed by atoms with Gasteiger partial charge in [-0.15, -0.1) is 0 Å². The van der Waals surface area contributed by atoms with E-state index in [0.717, 1.165) is 11.2 Å². The number of hydrogen-bond donors (Lipinski definition) is 1. The zero-order chi connectivity index (χ0) is 22.6. The highest BCUT2D eigenvalue weighted by Gasteiger charge is 2.23. The van der Waals surface area contributed by atoms with Crippen LogP contribution in [-0.4, -0.2) is 24.7 Å². The van der Waals surface area contributed by atoms with E-state index in [4.69, 9.17) is 0 Å². The Labute approximate surface area is 178 Å². The molecule has 1 aromatic carbocycles. The molecular formula is C23H15F3N4O2. The molecule has 0 saturated carbocycles. The molecule has 0 bridgehead atoms. The Bertz CT molecular complexity index is 1570. The molecule has 5 aromatic rings. The van der Waals surface area contributed by atoms with Crippen LogP contribution in [0.5, 0.6) is 0 Å². The number of rotatable bonds is 4. The van der Waals surface area contributed by atoms with Crippen LogP contribution < -0.4 is 5.56 Å².